The van der Waals surface area contributed by atoms with Crippen molar-refractivity contribution in [3.05, 3.63) is 35.9 Å². The van der Waals surface area contributed by atoms with Crippen LogP contribution in [-0.2, 0) is 6.42 Å². The van der Waals surface area contributed by atoms with E-state index in [1.165, 1.54) is 22.4 Å². The number of aryl methyl sites for hydroxylation is 1. The number of hydrogen-bond donors (Lipinski definition) is 1. The van der Waals surface area contributed by atoms with E-state index in [0.717, 1.165) is 12.8 Å². The van der Waals surface area contributed by atoms with E-state index in [9.17, 15) is 0 Å². The van der Waals surface area contributed by atoms with Crippen molar-refractivity contribution in [3.63, 3.8) is 0 Å². The van der Waals surface area contributed by atoms with Gasteiger partial charge in [-0.3, -0.25) is 0 Å². The van der Waals surface area contributed by atoms with Crippen molar-refractivity contribution < 1.29 is 0 Å². The van der Waals surface area contributed by atoms with Crippen LogP contribution >= 0.6 is 0 Å². The fraction of sp³-hybridized carbons (Fsp3) is 0.385. The van der Waals surface area contributed by atoms with Crippen LogP contribution in [0.1, 0.15) is 31.4 Å². The summed E-state index contributed by atoms with van der Waals surface area (Å²) in [5, 5.41) is 3.16. The van der Waals surface area contributed by atoms with Crippen molar-refractivity contribution in [2.75, 3.05) is 12.4 Å². The predicted molar refractivity (Wildman–Crippen MR) is 64.7 cm³/mol. The third-order valence-electron chi connectivity index (χ3n) is 2.58. The fourth-order valence-electron chi connectivity index (χ4n) is 1.58. The van der Waals surface area contributed by atoms with Crippen molar-refractivity contribution in [3.8, 4) is 0 Å². The van der Waals surface area contributed by atoms with Gasteiger partial charge in [-0.1, -0.05) is 26.5 Å². The van der Waals surface area contributed by atoms with Crippen molar-refractivity contribution >= 4 is 11.3 Å². The number of hydrogen-bond acceptors (Lipinski definition) is 1. The number of nitrogens with one attached hydrogen (secondary N) is 1. The van der Waals surface area contributed by atoms with Crippen molar-refractivity contribution in [1.29, 1.82) is 0 Å². The van der Waals surface area contributed by atoms with Crippen LogP contribution in [0.15, 0.2) is 24.8 Å². The molecule has 0 aliphatic heterocycles. The zero-order valence-electron chi connectivity index (χ0n) is 9.35. The maximum atomic E-state index is 4.09. The first-order chi connectivity index (χ1) is 6.72. The minimum absolute atomic E-state index is 1.02. The van der Waals surface area contributed by atoms with Gasteiger partial charge >= 0.3 is 0 Å². The van der Waals surface area contributed by atoms with Crippen molar-refractivity contribution in [2.45, 2.75) is 26.7 Å². The maximum absolute atomic E-state index is 4.09. The molecule has 1 aromatic carbocycles. The van der Waals surface area contributed by atoms with E-state index < -0.39 is 0 Å². The van der Waals surface area contributed by atoms with Gasteiger partial charge in [-0.05, 0) is 41.7 Å². The van der Waals surface area contributed by atoms with Crippen LogP contribution < -0.4 is 5.32 Å². The molecular weight excluding hydrogens is 170 g/mol. The summed E-state index contributed by atoms with van der Waals surface area (Å²) in [7, 11) is 1.95. The predicted octanol–water partition coefficient (Wildman–Crippen LogP) is 3.71. The van der Waals surface area contributed by atoms with Gasteiger partial charge in [0.05, 0.1) is 0 Å². The van der Waals surface area contributed by atoms with Gasteiger partial charge in [0.1, 0.15) is 0 Å². The first-order valence-corrected chi connectivity index (χ1v) is 5.21. The Labute approximate surface area is 86.8 Å². The van der Waals surface area contributed by atoms with Gasteiger partial charge in [0.2, 0.25) is 0 Å². The second-order valence-corrected chi connectivity index (χ2v) is 3.43. The van der Waals surface area contributed by atoms with E-state index in [2.05, 4.69) is 43.9 Å². The molecule has 0 bridgehead atoms. The smallest absolute Gasteiger partial charge is 0.0340 e. The molecule has 0 heterocycles. The highest BCUT2D eigenvalue weighted by Gasteiger charge is 2.03. The molecular formula is C13H19N. The van der Waals surface area contributed by atoms with Gasteiger partial charge in [-0.2, -0.15) is 0 Å². The summed E-state index contributed by atoms with van der Waals surface area (Å²) in [6.07, 6.45) is 2.08. The maximum Gasteiger partial charge on any atom is 0.0340 e. The summed E-state index contributed by atoms with van der Waals surface area (Å²) in [4.78, 5) is 0. The molecule has 76 valence electrons. The standard InChI is InChI=1S/C13H19N/c1-5-10(3)13-8-7-12(14-4)9-11(13)6-2/h7-9,14H,3,5-6H2,1-2,4H3. The molecule has 14 heavy (non-hydrogen) atoms. The van der Waals surface area contributed by atoms with E-state index in [4.69, 9.17) is 0 Å². The quantitative estimate of drug-likeness (QED) is 0.761. The Balaban J connectivity index is 3.11. The third kappa shape index (κ3) is 2.16. The van der Waals surface area contributed by atoms with Crippen LogP contribution in [0.4, 0.5) is 5.69 Å². The van der Waals surface area contributed by atoms with Gasteiger partial charge < -0.3 is 5.32 Å². The topological polar surface area (TPSA) is 12.0 Å². The Morgan fingerprint density at radius 1 is 1.36 bits per heavy atom. The monoisotopic (exact) mass is 189 g/mol. The normalized spacial score (nSPS) is 9.93. The second kappa shape index (κ2) is 4.85. The molecule has 0 aliphatic carbocycles. The van der Waals surface area contributed by atoms with Crippen molar-refractivity contribution in [2.24, 2.45) is 0 Å². The first kappa shape index (κ1) is 10.8. The van der Waals surface area contributed by atoms with E-state index in [-0.39, 0.29) is 0 Å². The summed E-state index contributed by atoms with van der Waals surface area (Å²) in [6, 6.07) is 6.47. The second-order valence-electron chi connectivity index (χ2n) is 3.43. The lowest BCUT2D eigenvalue weighted by atomic mass is 9.97. The molecule has 1 nitrogen and oxygen atoms in total. The molecule has 0 fully saturated rings. The van der Waals surface area contributed by atoms with Gasteiger partial charge in [0.15, 0.2) is 0 Å². The summed E-state index contributed by atoms with van der Waals surface area (Å²) < 4.78 is 0. The van der Waals surface area contributed by atoms with Crippen LogP contribution in [0.25, 0.3) is 5.57 Å². The average Bonchev–Trinajstić information content (AvgIpc) is 2.27. The molecule has 0 spiro atoms. The van der Waals surface area contributed by atoms with E-state index in [1.54, 1.807) is 0 Å². The highest BCUT2D eigenvalue weighted by atomic mass is 14.8. The Morgan fingerprint density at radius 3 is 2.57 bits per heavy atom. The Kier molecular flexibility index (Phi) is 3.75. The molecule has 0 unspecified atom stereocenters. The van der Waals surface area contributed by atoms with Gasteiger partial charge in [0, 0.05) is 12.7 Å². The number of benzene rings is 1. The van der Waals surface area contributed by atoms with Crippen molar-refractivity contribution in [1.82, 2.24) is 0 Å². The molecule has 0 amide bonds. The largest absolute Gasteiger partial charge is 0.388 e. The minimum atomic E-state index is 1.02. The van der Waals surface area contributed by atoms with E-state index in [1.807, 2.05) is 7.05 Å². The van der Waals surface area contributed by atoms with E-state index >= 15 is 0 Å². The van der Waals surface area contributed by atoms with Crippen LogP contribution in [0, 0.1) is 0 Å². The Bertz CT molecular complexity index is 326. The zero-order chi connectivity index (χ0) is 10.6. The third-order valence-corrected chi connectivity index (χ3v) is 2.58. The molecule has 0 aliphatic rings. The molecule has 0 radical (unpaired) electrons. The molecule has 0 aromatic heterocycles. The summed E-state index contributed by atoms with van der Waals surface area (Å²) >= 11 is 0. The van der Waals surface area contributed by atoms with Crippen LogP contribution in [-0.4, -0.2) is 7.05 Å². The highest BCUT2D eigenvalue weighted by molar-refractivity contribution is 5.68. The minimum Gasteiger partial charge on any atom is -0.388 e. The molecule has 0 atom stereocenters. The molecule has 1 N–H and O–H groups in total. The van der Waals surface area contributed by atoms with Crippen LogP contribution in [0.3, 0.4) is 0 Å². The lowest BCUT2D eigenvalue weighted by Gasteiger charge is -2.11. The lowest BCUT2D eigenvalue weighted by molar-refractivity contribution is 1.11. The summed E-state index contributed by atoms with van der Waals surface area (Å²) in [5.41, 5.74) is 5.09. The molecule has 1 aromatic rings. The number of anilines is 1. The van der Waals surface area contributed by atoms with Gasteiger partial charge in [-0.15, -0.1) is 0 Å². The molecule has 1 heteroatoms. The highest BCUT2D eigenvalue weighted by Crippen LogP contribution is 2.23. The molecule has 1 rings (SSSR count). The summed E-state index contributed by atoms with van der Waals surface area (Å²) in [6.45, 7) is 8.42. The Morgan fingerprint density at radius 2 is 2.07 bits per heavy atom. The molecule has 0 saturated heterocycles. The number of allylic oxidation sites excluding steroid dienone is 1. The van der Waals surface area contributed by atoms with Crippen LogP contribution in [0.2, 0.25) is 0 Å². The zero-order valence-corrected chi connectivity index (χ0v) is 9.35. The SMILES string of the molecule is C=C(CC)c1ccc(NC)cc1CC. The van der Waals surface area contributed by atoms with Crippen LogP contribution in [0.5, 0.6) is 0 Å². The lowest BCUT2D eigenvalue weighted by Crippen LogP contribution is -1.94. The molecule has 0 saturated carbocycles. The fourth-order valence-corrected chi connectivity index (χ4v) is 1.58. The first-order valence-electron chi connectivity index (χ1n) is 5.21. The van der Waals surface area contributed by atoms with E-state index in [0.29, 0.717) is 0 Å². The van der Waals surface area contributed by atoms with Gasteiger partial charge in [-0.25, -0.2) is 0 Å². The Hall–Kier alpha value is -1.24. The summed E-state index contributed by atoms with van der Waals surface area (Å²) in [5.74, 6) is 0. The van der Waals surface area contributed by atoms with Gasteiger partial charge in [0.25, 0.3) is 0 Å². The average molecular weight is 189 g/mol. The number of rotatable bonds is 4.